The third-order valence-corrected chi connectivity index (χ3v) is 5.17. The summed E-state index contributed by atoms with van der Waals surface area (Å²) in [4.78, 5) is 16.4. The molecule has 0 bridgehead atoms. The largest absolute Gasteiger partial charge is 0.359 e. The highest BCUT2D eigenvalue weighted by Gasteiger charge is 2.13. The standard InChI is InChI=1S/C23H31N7O2/c1-4-18(5-2)21-13-20(32-29-21)15-26-23(24-3)25-14-17-8-6-9-19(12-17)28-22(31)16-30-11-7-10-27-30/h6-13,18H,4-5,14-16H2,1-3H3,(H,28,31)(H2,24,25,26). The van der Waals surface area contributed by atoms with Gasteiger partial charge in [0.15, 0.2) is 11.7 Å². The van der Waals surface area contributed by atoms with E-state index >= 15 is 0 Å². The van der Waals surface area contributed by atoms with Gasteiger partial charge in [-0.25, -0.2) is 0 Å². The van der Waals surface area contributed by atoms with Crippen LogP contribution in [-0.2, 0) is 24.4 Å². The number of aliphatic imine (C=N–C) groups is 1. The Morgan fingerprint density at radius 1 is 1.16 bits per heavy atom. The maximum atomic E-state index is 12.2. The molecule has 2 heterocycles. The van der Waals surface area contributed by atoms with Crippen molar-refractivity contribution in [2.75, 3.05) is 12.4 Å². The summed E-state index contributed by atoms with van der Waals surface area (Å²) >= 11 is 0. The summed E-state index contributed by atoms with van der Waals surface area (Å²) in [5.74, 6) is 1.73. The Balaban J connectivity index is 1.48. The molecule has 0 aliphatic rings. The monoisotopic (exact) mass is 437 g/mol. The highest BCUT2D eigenvalue weighted by atomic mass is 16.5. The molecule has 0 atom stereocenters. The molecule has 0 radical (unpaired) electrons. The molecular weight excluding hydrogens is 406 g/mol. The molecule has 3 N–H and O–H groups in total. The molecule has 0 saturated heterocycles. The van der Waals surface area contributed by atoms with Crippen molar-refractivity contribution in [3.05, 3.63) is 65.8 Å². The number of nitrogens with zero attached hydrogens (tertiary/aromatic N) is 4. The summed E-state index contributed by atoms with van der Waals surface area (Å²) < 4.78 is 7.04. The van der Waals surface area contributed by atoms with Gasteiger partial charge in [-0.05, 0) is 36.6 Å². The smallest absolute Gasteiger partial charge is 0.246 e. The van der Waals surface area contributed by atoms with Crippen molar-refractivity contribution in [3.8, 4) is 0 Å². The number of hydrogen-bond acceptors (Lipinski definition) is 5. The Hall–Kier alpha value is -3.62. The number of amides is 1. The average molecular weight is 438 g/mol. The number of hydrogen-bond donors (Lipinski definition) is 3. The molecule has 0 aliphatic heterocycles. The van der Waals surface area contributed by atoms with Gasteiger partial charge in [-0.1, -0.05) is 31.1 Å². The van der Waals surface area contributed by atoms with Gasteiger partial charge in [0.05, 0.1) is 12.2 Å². The summed E-state index contributed by atoms with van der Waals surface area (Å²) in [5.41, 5.74) is 2.75. The number of nitrogens with one attached hydrogen (secondary N) is 3. The fraction of sp³-hybridized carbons (Fsp3) is 0.391. The second-order valence-electron chi connectivity index (χ2n) is 7.46. The van der Waals surface area contributed by atoms with E-state index in [-0.39, 0.29) is 12.5 Å². The van der Waals surface area contributed by atoms with Gasteiger partial charge < -0.3 is 20.5 Å². The van der Waals surface area contributed by atoms with E-state index in [9.17, 15) is 4.79 Å². The normalized spacial score (nSPS) is 11.6. The van der Waals surface area contributed by atoms with Crippen LogP contribution in [0.5, 0.6) is 0 Å². The average Bonchev–Trinajstić information content (AvgIpc) is 3.47. The molecule has 1 amide bonds. The third kappa shape index (κ3) is 6.69. The van der Waals surface area contributed by atoms with Gasteiger partial charge in [-0.2, -0.15) is 5.10 Å². The topological polar surface area (TPSA) is 109 Å². The predicted octanol–water partition coefficient (Wildman–Crippen LogP) is 3.28. The van der Waals surface area contributed by atoms with Crippen molar-refractivity contribution >= 4 is 17.6 Å². The molecular formula is C23H31N7O2. The van der Waals surface area contributed by atoms with E-state index in [1.165, 1.54) is 0 Å². The van der Waals surface area contributed by atoms with Crippen LogP contribution in [0.25, 0.3) is 0 Å². The minimum absolute atomic E-state index is 0.129. The molecule has 2 aromatic heterocycles. The van der Waals surface area contributed by atoms with Crippen molar-refractivity contribution in [3.63, 3.8) is 0 Å². The second-order valence-corrected chi connectivity index (χ2v) is 7.46. The zero-order valence-electron chi connectivity index (χ0n) is 18.8. The van der Waals surface area contributed by atoms with E-state index in [0.717, 1.165) is 35.5 Å². The van der Waals surface area contributed by atoms with Gasteiger partial charge in [0.2, 0.25) is 5.91 Å². The Kier molecular flexibility index (Phi) is 8.42. The molecule has 32 heavy (non-hydrogen) atoms. The van der Waals surface area contributed by atoms with Crippen molar-refractivity contribution < 1.29 is 9.32 Å². The number of anilines is 1. The second kappa shape index (κ2) is 11.7. The fourth-order valence-electron chi connectivity index (χ4n) is 3.39. The molecule has 9 heteroatoms. The maximum absolute atomic E-state index is 12.2. The number of carbonyl (C=O) groups is 1. The van der Waals surface area contributed by atoms with Crippen LogP contribution in [0.1, 0.15) is 49.6 Å². The lowest BCUT2D eigenvalue weighted by Gasteiger charge is -2.12. The zero-order valence-corrected chi connectivity index (χ0v) is 18.8. The van der Waals surface area contributed by atoms with Crippen molar-refractivity contribution in [2.24, 2.45) is 4.99 Å². The maximum Gasteiger partial charge on any atom is 0.246 e. The van der Waals surface area contributed by atoms with Crippen LogP contribution in [0, 0.1) is 0 Å². The van der Waals surface area contributed by atoms with Gasteiger partial charge in [-0.3, -0.25) is 14.5 Å². The summed E-state index contributed by atoms with van der Waals surface area (Å²) in [6.07, 6.45) is 5.49. The van der Waals surface area contributed by atoms with Crippen molar-refractivity contribution in [2.45, 2.75) is 52.2 Å². The van der Waals surface area contributed by atoms with Gasteiger partial charge >= 0.3 is 0 Å². The quantitative estimate of drug-likeness (QED) is 0.332. The molecule has 0 unspecified atom stereocenters. The molecule has 0 aliphatic carbocycles. The lowest BCUT2D eigenvalue weighted by atomic mass is 9.99. The van der Waals surface area contributed by atoms with E-state index in [1.54, 1.807) is 30.2 Å². The van der Waals surface area contributed by atoms with Crippen LogP contribution >= 0.6 is 0 Å². The first-order valence-electron chi connectivity index (χ1n) is 10.9. The van der Waals surface area contributed by atoms with E-state index < -0.39 is 0 Å². The number of rotatable bonds is 10. The Bertz CT molecular complexity index is 1010. The predicted molar refractivity (Wildman–Crippen MR) is 124 cm³/mol. The van der Waals surface area contributed by atoms with Crippen LogP contribution in [0.4, 0.5) is 5.69 Å². The number of aromatic nitrogens is 3. The first-order valence-corrected chi connectivity index (χ1v) is 10.9. The first kappa shape index (κ1) is 23.1. The van der Waals surface area contributed by atoms with E-state index in [4.69, 9.17) is 4.52 Å². The molecule has 0 fully saturated rings. The molecule has 3 rings (SSSR count). The molecule has 0 saturated carbocycles. The van der Waals surface area contributed by atoms with E-state index in [1.807, 2.05) is 30.3 Å². The van der Waals surface area contributed by atoms with Crippen molar-refractivity contribution in [1.82, 2.24) is 25.6 Å². The SMILES string of the molecule is CCC(CC)c1cc(CNC(=NC)NCc2cccc(NC(=O)Cn3cccn3)c2)on1. The van der Waals surface area contributed by atoms with Crippen LogP contribution in [0.2, 0.25) is 0 Å². The lowest BCUT2D eigenvalue weighted by molar-refractivity contribution is -0.116. The van der Waals surface area contributed by atoms with Gasteiger partial charge in [0.1, 0.15) is 6.54 Å². The zero-order chi connectivity index (χ0) is 22.8. The van der Waals surface area contributed by atoms with E-state index in [2.05, 4.69) is 45.0 Å². The number of guanidine groups is 1. The van der Waals surface area contributed by atoms with Crippen molar-refractivity contribution in [1.29, 1.82) is 0 Å². The Morgan fingerprint density at radius 3 is 2.69 bits per heavy atom. The van der Waals surface area contributed by atoms with Crippen LogP contribution in [0.3, 0.4) is 0 Å². The molecule has 1 aromatic carbocycles. The summed E-state index contributed by atoms with van der Waals surface area (Å²) in [7, 11) is 1.72. The van der Waals surface area contributed by atoms with Crippen LogP contribution in [0.15, 0.2) is 58.3 Å². The molecule has 9 nitrogen and oxygen atoms in total. The summed E-state index contributed by atoms with van der Waals surface area (Å²) in [5, 5.41) is 17.7. The summed E-state index contributed by atoms with van der Waals surface area (Å²) in [6, 6.07) is 11.5. The molecule has 170 valence electrons. The Labute approximate surface area is 188 Å². The van der Waals surface area contributed by atoms with Gasteiger partial charge in [0.25, 0.3) is 0 Å². The van der Waals surface area contributed by atoms with Crippen LogP contribution in [-0.4, -0.2) is 33.9 Å². The fourth-order valence-corrected chi connectivity index (χ4v) is 3.39. The van der Waals surface area contributed by atoms with Crippen LogP contribution < -0.4 is 16.0 Å². The van der Waals surface area contributed by atoms with E-state index in [0.29, 0.717) is 25.0 Å². The first-order chi connectivity index (χ1) is 15.6. The number of carbonyl (C=O) groups excluding carboxylic acids is 1. The highest BCUT2D eigenvalue weighted by Crippen LogP contribution is 2.22. The Morgan fingerprint density at radius 2 is 1.97 bits per heavy atom. The minimum Gasteiger partial charge on any atom is -0.359 e. The van der Waals surface area contributed by atoms with Gasteiger partial charge in [0, 0.05) is 43.7 Å². The van der Waals surface area contributed by atoms with Gasteiger partial charge in [-0.15, -0.1) is 0 Å². The molecule has 3 aromatic rings. The highest BCUT2D eigenvalue weighted by molar-refractivity contribution is 5.90. The third-order valence-electron chi connectivity index (χ3n) is 5.17. The molecule has 0 spiro atoms. The lowest BCUT2D eigenvalue weighted by Crippen LogP contribution is -2.36. The summed E-state index contributed by atoms with van der Waals surface area (Å²) in [6.45, 7) is 5.54. The number of benzene rings is 1. The minimum atomic E-state index is -0.129.